The Bertz CT molecular complexity index is 385. The van der Waals surface area contributed by atoms with Crippen LogP contribution in [0.1, 0.15) is 20.3 Å². The third kappa shape index (κ3) is 3.85. The largest absolute Gasteiger partial charge is 0.494 e. The fourth-order valence-corrected chi connectivity index (χ4v) is 2.26. The molecule has 1 N–H and O–H groups in total. The summed E-state index contributed by atoms with van der Waals surface area (Å²) < 4.78 is 11.0. The Labute approximate surface area is 114 Å². The Kier molecular flexibility index (Phi) is 4.66. The van der Waals surface area contributed by atoms with Gasteiger partial charge in [0, 0.05) is 19.6 Å². The predicted octanol–water partition coefficient (Wildman–Crippen LogP) is 1.92. The lowest BCUT2D eigenvalue weighted by atomic mass is 9.91. The number of nitrogens with zero attached hydrogens (tertiary/aromatic N) is 1. The van der Waals surface area contributed by atoms with Crippen molar-refractivity contribution in [2.24, 2.45) is 0 Å². The average Bonchev–Trinajstić information content (AvgIpc) is 2.39. The van der Waals surface area contributed by atoms with Gasteiger partial charge in [0.05, 0.1) is 12.2 Å². The zero-order chi connectivity index (χ0) is 13.7. The minimum absolute atomic E-state index is 0.459. The summed E-state index contributed by atoms with van der Waals surface area (Å²) in [4.78, 5) is 2.21. The number of β-amino-alcohol motifs (C(OH)–C–C–N with tert-alkyl or cyclic N) is 1. The SMILES string of the molecule is CCOc1ccc(OCCN2CC(O)(CC)C2)cc1. The third-order valence-electron chi connectivity index (χ3n) is 3.50. The van der Waals surface area contributed by atoms with Crippen LogP contribution in [0.25, 0.3) is 0 Å². The summed E-state index contributed by atoms with van der Waals surface area (Å²) in [6, 6.07) is 7.67. The van der Waals surface area contributed by atoms with E-state index in [9.17, 15) is 5.11 Å². The molecule has 1 aromatic rings. The minimum Gasteiger partial charge on any atom is -0.494 e. The fraction of sp³-hybridized carbons (Fsp3) is 0.600. The van der Waals surface area contributed by atoms with Crippen LogP contribution in [0.5, 0.6) is 11.5 Å². The van der Waals surface area contributed by atoms with Gasteiger partial charge in [-0.2, -0.15) is 0 Å². The lowest BCUT2D eigenvalue weighted by Gasteiger charge is -2.46. The van der Waals surface area contributed by atoms with Crippen molar-refractivity contribution in [3.8, 4) is 11.5 Å². The van der Waals surface area contributed by atoms with Crippen molar-refractivity contribution in [2.45, 2.75) is 25.9 Å². The van der Waals surface area contributed by atoms with E-state index in [1.807, 2.05) is 38.1 Å². The van der Waals surface area contributed by atoms with Gasteiger partial charge >= 0.3 is 0 Å². The summed E-state index contributed by atoms with van der Waals surface area (Å²) in [5.74, 6) is 1.72. The Morgan fingerprint density at radius 3 is 2.21 bits per heavy atom. The molecule has 0 aliphatic carbocycles. The van der Waals surface area contributed by atoms with Crippen LogP contribution < -0.4 is 9.47 Å². The second-order valence-electron chi connectivity index (χ2n) is 5.04. The Morgan fingerprint density at radius 1 is 1.11 bits per heavy atom. The van der Waals surface area contributed by atoms with E-state index in [0.717, 1.165) is 37.6 Å². The molecular formula is C15H23NO3. The third-order valence-corrected chi connectivity index (χ3v) is 3.50. The van der Waals surface area contributed by atoms with E-state index in [4.69, 9.17) is 9.47 Å². The maximum Gasteiger partial charge on any atom is 0.119 e. The molecule has 1 saturated heterocycles. The molecule has 1 heterocycles. The van der Waals surface area contributed by atoms with Gasteiger partial charge in [0.1, 0.15) is 18.1 Å². The van der Waals surface area contributed by atoms with Gasteiger partial charge in [0.15, 0.2) is 0 Å². The molecule has 0 bridgehead atoms. The van der Waals surface area contributed by atoms with E-state index >= 15 is 0 Å². The number of rotatable bonds is 7. The van der Waals surface area contributed by atoms with Gasteiger partial charge in [0.25, 0.3) is 0 Å². The van der Waals surface area contributed by atoms with Crippen molar-refractivity contribution in [1.82, 2.24) is 4.90 Å². The second kappa shape index (κ2) is 6.26. The quantitative estimate of drug-likeness (QED) is 0.818. The first-order valence-electron chi connectivity index (χ1n) is 6.95. The van der Waals surface area contributed by atoms with Crippen molar-refractivity contribution in [1.29, 1.82) is 0 Å². The topological polar surface area (TPSA) is 41.9 Å². The zero-order valence-electron chi connectivity index (χ0n) is 11.8. The number of hydrogen-bond donors (Lipinski definition) is 1. The van der Waals surface area contributed by atoms with Crippen molar-refractivity contribution >= 4 is 0 Å². The van der Waals surface area contributed by atoms with E-state index in [2.05, 4.69) is 4.90 Å². The summed E-state index contributed by atoms with van der Waals surface area (Å²) in [5, 5.41) is 9.89. The minimum atomic E-state index is -0.459. The number of aliphatic hydroxyl groups is 1. The molecule has 0 saturated carbocycles. The van der Waals surface area contributed by atoms with E-state index in [1.165, 1.54) is 0 Å². The average molecular weight is 265 g/mol. The maximum atomic E-state index is 9.89. The molecule has 106 valence electrons. The van der Waals surface area contributed by atoms with Crippen LogP contribution in [0.4, 0.5) is 0 Å². The lowest BCUT2D eigenvalue weighted by molar-refractivity contribution is -0.102. The van der Waals surface area contributed by atoms with Crippen LogP contribution in [0.3, 0.4) is 0 Å². The molecule has 0 atom stereocenters. The first-order valence-corrected chi connectivity index (χ1v) is 6.95. The highest BCUT2D eigenvalue weighted by molar-refractivity contribution is 5.31. The van der Waals surface area contributed by atoms with Crippen LogP contribution in [0.15, 0.2) is 24.3 Å². The Balaban J connectivity index is 1.66. The van der Waals surface area contributed by atoms with Gasteiger partial charge in [-0.05, 0) is 37.6 Å². The first kappa shape index (κ1) is 14.2. The van der Waals surface area contributed by atoms with Crippen LogP contribution in [-0.2, 0) is 0 Å². The van der Waals surface area contributed by atoms with Gasteiger partial charge in [-0.1, -0.05) is 6.92 Å². The highest BCUT2D eigenvalue weighted by atomic mass is 16.5. The molecule has 1 aromatic carbocycles. The Hall–Kier alpha value is -1.26. The molecular weight excluding hydrogens is 242 g/mol. The summed E-state index contributed by atoms with van der Waals surface area (Å²) >= 11 is 0. The molecule has 4 heteroatoms. The monoisotopic (exact) mass is 265 g/mol. The normalized spacial score (nSPS) is 17.8. The number of likely N-dealkylation sites (tertiary alicyclic amines) is 1. The van der Waals surface area contributed by atoms with Gasteiger partial charge in [-0.15, -0.1) is 0 Å². The predicted molar refractivity (Wildman–Crippen MR) is 74.8 cm³/mol. The summed E-state index contributed by atoms with van der Waals surface area (Å²) in [7, 11) is 0. The molecule has 2 rings (SSSR count). The van der Waals surface area contributed by atoms with Crippen LogP contribution in [0, 0.1) is 0 Å². The van der Waals surface area contributed by atoms with Crippen LogP contribution in [0.2, 0.25) is 0 Å². The fourth-order valence-electron chi connectivity index (χ4n) is 2.26. The van der Waals surface area contributed by atoms with Gasteiger partial charge in [0.2, 0.25) is 0 Å². The van der Waals surface area contributed by atoms with Gasteiger partial charge in [-0.3, -0.25) is 4.90 Å². The molecule has 0 amide bonds. The smallest absolute Gasteiger partial charge is 0.119 e. The van der Waals surface area contributed by atoms with Gasteiger partial charge in [-0.25, -0.2) is 0 Å². The standard InChI is InChI=1S/C15H23NO3/c1-3-15(17)11-16(12-15)9-10-19-14-7-5-13(6-8-14)18-4-2/h5-8,17H,3-4,9-12H2,1-2H3. The van der Waals surface area contributed by atoms with Crippen molar-refractivity contribution in [3.63, 3.8) is 0 Å². The molecule has 1 aliphatic rings. The first-order chi connectivity index (χ1) is 9.15. The van der Waals surface area contributed by atoms with E-state index in [1.54, 1.807) is 0 Å². The number of ether oxygens (including phenoxy) is 2. The summed E-state index contributed by atoms with van der Waals surface area (Å²) in [6.07, 6.45) is 0.823. The molecule has 4 nitrogen and oxygen atoms in total. The number of hydrogen-bond acceptors (Lipinski definition) is 4. The van der Waals surface area contributed by atoms with Crippen LogP contribution >= 0.6 is 0 Å². The molecule has 1 fully saturated rings. The highest BCUT2D eigenvalue weighted by Gasteiger charge is 2.38. The molecule has 0 radical (unpaired) electrons. The van der Waals surface area contributed by atoms with Crippen molar-refractivity contribution in [3.05, 3.63) is 24.3 Å². The van der Waals surface area contributed by atoms with E-state index in [0.29, 0.717) is 13.2 Å². The number of benzene rings is 1. The highest BCUT2D eigenvalue weighted by Crippen LogP contribution is 2.23. The van der Waals surface area contributed by atoms with Gasteiger partial charge < -0.3 is 14.6 Å². The van der Waals surface area contributed by atoms with Crippen LogP contribution in [-0.4, -0.2) is 48.5 Å². The molecule has 19 heavy (non-hydrogen) atoms. The summed E-state index contributed by atoms with van der Waals surface area (Å²) in [5.41, 5.74) is -0.459. The molecule has 0 aromatic heterocycles. The molecule has 1 aliphatic heterocycles. The lowest BCUT2D eigenvalue weighted by Crippen LogP contribution is -2.61. The second-order valence-corrected chi connectivity index (χ2v) is 5.04. The van der Waals surface area contributed by atoms with Crippen molar-refractivity contribution < 1.29 is 14.6 Å². The molecule has 0 unspecified atom stereocenters. The zero-order valence-corrected chi connectivity index (χ0v) is 11.8. The van der Waals surface area contributed by atoms with Crippen molar-refractivity contribution in [2.75, 3.05) is 32.8 Å². The molecule has 0 spiro atoms. The maximum absolute atomic E-state index is 9.89. The van der Waals surface area contributed by atoms with E-state index < -0.39 is 5.60 Å². The van der Waals surface area contributed by atoms with E-state index in [-0.39, 0.29) is 0 Å². The summed E-state index contributed by atoms with van der Waals surface area (Å²) in [6.45, 7) is 7.69. The Morgan fingerprint density at radius 2 is 1.68 bits per heavy atom.